The maximum Gasteiger partial charge on any atom is 0.136 e. The molecule has 2 N–H and O–H groups in total. The van der Waals surface area contributed by atoms with E-state index in [1.165, 1.54) is 19.3 Å². The summed E-state index contributed by atoms with van der Waals surface area (Å²) in [4.78, 5) is 8.49. The Kier molecular flexibility index (Phi) is 3.78. The van der Waals surface area contributed by atoms with Gasteiger partial charge < -0.3 is 14.7 Å². The molecule has 2 fully saturated rings. The standard InChI is InChI=1S/C24H24BrN3O/c1-2-7-24(13-23(8-9-23)14-27-24)22-26-12-19(28-22)15-3-5-17-18-6-4-16(25)11-21(18)29-20(17)10-15/h3-6,10-12,27H,2,7-9,13-14H2,1H3,(H,26,28). The van der Waals surface area contributed by atoms with Gasteiger partial charge in [0.1, 0.15) is 17.0 Å². The van der Waals surface area contributed by atoms with Crippen LogP contribution < -0.4 is 5.32 Å². The number of nitrogens with zero attached hydrogens (tertiary/aromatic N) is 1. The van der Waals surface area contributed by atoms with Crippen LogP contribution in [0.15, 0.2) is 51.5 Å². The average Bonchev–Trinajstić information content (AvgIpc) is 3.07. The molecule has 4 aromatic rings. The minimum atomic E-state index is -0.000753. The molecule has 2 aromatic heterocycles. The number of fused-ring (bicyclic) bond motifs is 3. The Hall–Kier alpha value is -2.11. The normalized spacial score (nSPS) is 22.8. The van der Waals surface area contributed by atoms with Crippen molar-refractivity contribution >= 4 is 37.9 Å². The van der Waals surface area contributed by atoms with Gasteiger partial charge in [0.25, 0.3) is 0 Å². The van der Waals surface area contributed by atoms with E-state index < -0.39 is 0 Å². The van der Waals surface area contributed by atoms with E-state index in [9.17, 15) is 0 Å². The molecule has 0 radical (unpaired) electrons. The first-order chi connectivity index (χ1) is 14.1. The van der Waals surface area contributed by atoms with Gasteiger partial charge in [-0.15, -0.1) is 0 Å². The summed E-state index contributed by atoms with van der Waals surface area (Å²) < 4.78 is 7.15. The Morgan fingerprint density at radius 2 is 1.90 bits per heavy atom. The van der Waals surface area contributed by atoms with E-state index in [4.69, 9.17) is 9.40 Å². The van der Waals surface area contributed by atoms with Gasteiger partial charge in [-0.2, -0.15) is 0 Å². The summed E-state index contributed by atoms with van der Waals surface area (Å²) in [5, 5.41) is 6.13. The topological polar surface area (TPSA) is 53.9 Å². The molecule has 148 valence electrons. The predicted octanol–water partition coefficient (Wildman–Crippen LogP) is 6.51. The number of hydrogen-bond acceptors (Lipinski definition) is 3. The van der Waals surface area contributed by atoms with Crippen molar-refractivity contribution < 1.29 is 4.42 Å². The van der Waals surface area contributed by atoms with Gasteiger partial charge in [-0.1, -0.05) is 35.3 Å². The van der Waals surface area contributed by atoms with Gasteiger partial charge in [-0.25, -0.2) is 4.98 Å². The summed E-state index contributed by atoms with van der Waals surface area (Å²) in [7, 11) is 0. The molecule has 1 saturated heterocycles. The van der Waals surface area contributed by atoms with Crippen molar-refractivity contribution in [1.82, 2.24) is 15.3 Å². The summed E-state index contributed by atoms with van der Waals surface area (Å²) >= 11 is 3.53. The van der Waals surface area contributed by atoms with Crippen molar-refractivity contribution in [3.05, 3.63) is 52.9 Å². The SMILES string of the molecule is CCCC1(c2ncc(-c3ccc4c(c3)oc3cc(Br)ccc34)[nH]2)CC2(CC2)CN1. The molecule has 1 atom stereocenters. The zero-order valence-electron chi connectivity index (χ0n) is 16.5. The van der Waals surface area contributed by atoms with Crippen molar-refractivity contribution in [3.63, 3.8) is 0 Å². The molecule has 1 unspecified atom stereocenters. The number of hydrogen-bond donors (Lipinski definition) is 2. The number of rotatable bonds is 4. The van der Waals surface area contributed by atoms with E-state index in [0.717, 1.165) is 62.9 Å². The van der Waals surface area contributed by atoms with E-state index in [-0.39, 0.29) is 5.54 Å². The summed E-state index contributed by atoms with van der Waals surface area (Å²) in [5.41, 5.74) is 4.51. The van der Waals surface area contributed by atoms with Crippen LogP contribution in [-0.2, 0) is 5.54 Å². The number of aromatic amines is 1. The van der Waals surface area contributed by atoms with Crippen LogP contribution in [0.25, 0.3) is 33.2 Å². The Morgan fingerprint density at radius 1 is 1.10 bits per heavy atom. The monoisotopic (exact) mass is 449 g/mol. The van der Waals surface area contributed by atoms with Crippen LogP contribution in [0.5, 0.6) is 0 Å². The third-order valence-corrected chi connectivity index (χ3v) is 7.38. The molecule has 2 aromatic carbocycles. The zero-order chi connectivity index (χ0) is 19.6. The fourth-order valence-corrected chi connectivity index (χ4v) is 5.51. The first-order valence-corrected chi connectivity index (χ1v) is 11.3. The number of H-pyrrole nitrogens is 1. The smallest absolute Gasteiger partial charge is 0.136 e. The second kappa shape index (κ2) is 6.19. The molecule has 2 aliphatic rings. The summed E-state index contributed by atoms with van der Waals surface area (Å²) in [5.74, 6) is 1.09. The average molecular weight is 450 g/mol. The molecule has 4 nitrogen and oxygen atoms in total. The maximum atomic E-state index is 6.12. The lowest BCUT2D eigenvalue weighted by atomic mass is 9.86. The number of benzene rings is 2. The van der Waals surface area contributed by atoms with Gasteiger partial charge in [0.05, 0.1) is 17.4 Å². The molecule has 0 amide bonds. The summed E-state index contributed by atoms with van der Waals surface area (Å²) in [6, 6.07) is 12.6. The van der Waals surface area contributed by atoms with Crippen molar-refractivity contribution in [2.24, 2.45) is 5.41 Å². The van der Waals surface area contributed by atoms with E-state index in [0.29, 0.717) is 5.41 Å². The highest BCUT2D eigenvalue weighted by molar-refractivity contribution is 9.10. The highest BCUT2D eigenvalue weighted by Gasteiger charge is 2.55. The minimum Gasteiger partial charge on any atom is -0.456 e. The first-order valence-electron chi connectivity index (χ1n) is 10.5. The lowest BCUT2D eigenvalue weighted by Crippen LogP contribution is -2.37. The highest BCUT2D eigenvalue weighted by atomic mass is 79.9. The molecule has 6 rings (SSSR count). The second-order valence-electron chi connectivity index (χ2n) is 8.96. The Labute approximate surface area is 178 Å². The van der Waals surface area contributed by atoms with Gasteiger partial charge in [-0.05, 0) is 61.4 Å². The van der Waals surface area contributed by atoms with Crippen molar-refractivity contribution in [1.29, 1.82) is 0 Å². The molecular formula is C24H24BrN3O. The third-order valence-electron chi connectivity index (χ3n) is 6.89. The van der Waals surface area contributed by atoms with Gasteiger partial charge in [0.15, 0.2) is 0 Å². The summed E-state index contributed by atoms with van der Waals surface area (Å²) in [6.45, 7) is 3.39. The van der Waals surface area contributed by atoms with E-state index in [1.54, 1.807) is 0 Å². The maximum absolute atomic E-state index is 6.12. The third kappa shape index (κ3) is 2.78. The van der Waals surface area contributed by atoms with Crippen molar-refractivity contribution in [2.45, 2.75) is 44.6 Å². The van der Waals surface area contributed by atoms with Crippen LogP contribution in [0.1, 0.15) is 44.9 Å². The van der Waals surface area contributed by atoms with Crippen LogP contribution in [0.2, 0.25) is 0 Å². The van der Waals surface area contributed by atoms with Crippen LogP contribution >= 0.6 is 15.9 Å². The molecular weight excluding hydrogens is 426 g/mol. The van der Waals surface area contributed by atoms with E-state index in [2.05, 4.69) is 63.5 Å². The first kappa shape index (κ1) is 17.7. The molecule has 1 aliphatic carbocycles. The predicted molar refractivity (Wildman–Crippen MR) is 120 cm³/mol. The quantitative estimate of drug-likeness (QED) is 0.373. The lowest BCUT2D eigenvalue weighted by Gasteiger charge is -2.27. The molecule has 5 heteroatoms. The Morgan fingerprint density at radius 3 is 2.66 bits per heavy atom. The van der Waals surface area contributed by atoms with Gasteiger partial charge in [0, 0.05) is 27.4 Å². The van der Waals surface area contributed by atoms with Gasteiger partial charge in [0.2, 0.25) is 0 Å². The lowest BCUT2D eigenvalue weighted by molar-refractivity contribution is 0.323. The number of halogens is 1. The number of aromatic nitrogens is 2. The van der Waals surface area contributed by atoms with Crippen LogP contribution in [0, 0.1) is 5.41 Å². The van der Waals surface area contributed by atoms with Crippen molar-refractivity contribution in [3.8, 4) is 11.3 Å². The number of imidazole rings is 1. The molecule has 0 bridgehead atoms. The molecule has 3 heterocycles. The fourth-order valence-electron chi connectivity index (χ4n) is 5.17. The summed E-state index contributed by atoms with van der Waals surface area (Å²) in [6.07, 6.45) is 8.18. The van der Waals surface area contributed by atoms with E-state index >= 15 is 0 Å². The second-order valence-corrected chi connectivity index (χ2v) is 9.88. The largest absolute Gasteiger partial charge is 0.456 e. The zero-order valence-corrected chi connectivity index (χ0v) is 18.1. The minimum absolute atomic E-state index is 0.000753. The number of furan rings is 1. The molecule has 1 aliphatic heterocycles. The fraction of sp³-hybridized carbons (Fsp3) is 0.375. The van der Waals surface area contributed by atoms with Crippen LogP contribution in [0.3, 0.4) is 0 Å². The van der Waals surface area contributed by atoms with E-state index in [1.807, 2.05) is 12.3 Å². The molecule has 1 spiro atoms. The molecule has 1 saturated carbocycles. The Bertz CT molecular complexity index is 1240. The van der Waals surface area contributed by atoms with Crippen molar-refractivity contribution in [2.75, 3.05) is 6.54 Å². The van der Waals surface area contributed by atoms with Crippen LogP contribution in [-0.4, -0.2) is 16.5 Å². The van der Waals surface area contributed by atoms with Crippen LogP contribution in [0.4, 0.5) is 0 Å². The molecule has 29 heavy (non-hydrogen) atoms. The highest BCUT2D eigenvalue weighted by Crippen LogP contribution is 2.57. The number of nitrogens with one attached hydrogen (secondary N) is 2. The van der Waals surface area contributed by atoms with Gasteiger partial charge in [-0.3, -0.25) is 0 Å². The Balaban J connectivity index is 1.39. The van der Waals surface area contributed by atoms with Gasteiger partial charge >= 0.3 is 0 Å².